The number of amides is 2. The molecule has 0 aliphatic carbocycles. The first kappa shape index (κ1) is 17.8. The third-order valence-corrected chi connectivity index (χ3v) is 4.22. The number of piperidine rings is 1. The van der Waals surface area contributed by atoms with E-state index in [-0.39, 0.29) is 35.8 Å². The van der Waals surface area contributed by atoms with Crippen molar-refractivity contribution in [3.8, 4) is 0 Å². The molecule has 128 valence electrons. The van der Waals surface area contributed by atoms with E-state index in [2.05, 4.69) is 43.6 Å². The molecule has 1 saturated heterocycles. The second kappa shape index (κ2) is 6.89. The van der Waals surface area contributed by atoms with Gasteiger partial charge in [-0.3, -0.25) is 0 Å². The third kappa shape index (κ3) is 5.22. The molecule has 1 aromatic carbocycles. The summed E-state index contributed by atoms with van der Waals surface area (Å²) in [5, 5.41) is 19.1. The summed E-state index contributed by atoms with van der Waals surface area (Å²) in [6, 6.07) is 9.00. The van der Waals surface area contributed by atoms with Crippen molar-refractivity contribution in [3.63, 3.8) is 0 Å². The van der Waals surface area contributed by atoms with E-state index in [0.29, 0.717) is 0 Å². The first-order valence-corrected chi connectivity index (χ1v) is 8.23. The van der Waals surface area contributed by atoms with Gasteiger partial charge in [0.2, 0.25) is 0 Å². The van der Waals surface area contributed by atoms with Crippen molar-refractivity contribution in [3.05, 3.63) is 35.9 Å². The standard InChI is InChI=1S/C18H29N3O2/c1-17(2)10-14(11-18(3,4)21-17)19-16(23)20-15(12-22)13-8-6-5-7-9-13/h5-9,14-15,21-22H,10-12H2,1-4H3,(H2,19,20,23)/t15-/m0/s1. The van der Waals surface area contributed by atoms with Crippen molar-refractivity contribution in [1.82, 2.24) is 16.0 Å². The first-order valence-electron chi connectivity index (χ1n) is 8.23. The van der Waals surface area contributed by atoms with Gasteiger partial charge in [-0.25, -0.2) is 4.79 Å². The first-order chi connectivity index (χ1) is 10.7. The van der Waals surface area contributed by atoms with Gasteiger partial charge in [0.1, 0.15) is 0 Å². The van der Waals surface area contributed by atoms with Crippen LogP contribution >= 0.6 is 0 Å². The molecule has 2 amide bonds. The Morgan fingerprint density at radius 3 is 2.30 bits per heavy atom. The summed E-state index contributed by atoms with van der Waals surface area (Å²) in [4.78, 5) is 12.3. The second-order valence-corrected chi connectivity index (χ2v) is 7.76. The van der Waals surface area contributed by atoms with E-state index in [1.165, 1.54) is 0 Å². The summed E-state index contributed by atoms with van der Waals surface area (Å²) in [6.07, 6.45) is 1.75. The molecule has 1 aliphatic rings. The molecule has 2 rings (SSSR count). The molecule has 0 spiro atoms. The Kier molecular flexibility index (Phi) is 5.32. The zero-order chi connectivity index (χ0) is 17.1. The highest BCUT2D eigenvalue weighted by Crippen LogP contribution is 2.28. The van der Waals surface area contributed by atoms with Crippen molar-refractivity contribution in [2.45, 2.75) is 63.7 Å². The predicted molar refractivity (Wildman–Crippen MR) is 92.3 cm³/mol. The molecule has 0 radical (unpaired) electrons. The number of benzene rings is 1. The van der Waals surface area contributed by atoms with E-state index < -0.39 is 0 Å². The summed E-state index contributed by atoms with van der Waals surface area (Å²) < 4.78 is 0. The lowest BCUT2D eigenvalue weighted by molar-refractivity contribution is 0.146. The van der Waals surface area contributed by atoms with Gasteiger partial charge in [-0.05, 0) is 46.1 Å². The van der Waals surface area contributed by atoms with E-state index in [1.807, 2.05) is 30.3 Å². The zero-order valence-electron chi connectivity index (χ0n) is 14.5. The highest BCUT2D eigenvalue weighted by molar-refractivity contribution is 5.74. The van der Waals surface area contributed by atoms with Crippen LogP contribution in [-0.2, 0) is 0 Å². The fourth-order valence-electron chi connectivity index (χ4n) is 3.73. The van der Waals surface area contributed by atoms with Gasteiger partial charge in [-0.2, -0.15) is 0 Å². The Morgan fingerprint density at radius 1 is 1.22 bits per heavy atom. The third-order valence-electron chi connectivity index (χ3n) is 4.22. The lowest BCUT2D eigenvalue weighted by Crippen LogP contribution is -2.62. The Bertz CT molecular complexity index is 512. The maximum Gasteiger partial charge on any atom is 0.315 e. The number of hydrogen-bond donors (Lipinski definition) is 4. The van der Waals surface area contributed by atoms with Gasteiger partial charge in [0.15, 0.2) is 0 Å². The van der Waals surface area contributed by atoms with E-state index in [1.54, 1.807) is 0 Å². The van der Waals surface area contributed by atoms with Crippen molar-refractivity contribution < 1.29 is 9.90 Å². The number of carbonyl (C=O) groups excluding carboxylic acids is 1. The summed E-state index contributed by atoms with van der Waals surface area (Å²) in [5.41, 5.74) is 0.862. The van der Waals surface area contributed by atoms with Crippen LogP contribution in [0.25, 0.3) is 0 Å². The van der Waals surface area contributed by atoms with Crippen LogP contribution in [0.3, 0.4) is 0 Å². The quantitative estimate of drug-likeness (QED) is 0.688. The molecule has 1 fully saturated rings. The normalized spacial score (nSPS) is 21.4. The van der Waals surface area contributed by atoms with Crippen molar-refractivity contribution in [2.24, 2.45) is 0 Å². The van der Waals surface area contributed by atoms with Crippen LogP contribution < -0.4 is 16.0 Å². The van der Waals surface area contributed by atoms with Crippen LogP contribution in [0.5, 0.6) is 0 Å². The van der Waals surface area contributed by atoms with Crippen LogP contribution in [0.1, 0.15) is 52.1 Å². The van der Waals surface area contributed by atoms with E-state index >= 15 is 0 Å². The molecule has 5 nitrogen and oxygen atoms in total. The van der Waals surface area contributed by atoms with Crippen molar-refractivity contribution in [2.75, 3.05) is 6.61 Å². The van der Waals surface area contributed by atoms with E-state index in [4.69, 9.17) is 0 Å². The minimum absolute atomic E-state index is 0.0183. The van der Waals surface area contributed by atoms with Gasteiger partial charge in [-0.1, -0.05) is 30.3 Å². The molecular formula is C18H29N3O2. The number of aliphatic hydroxyl groups is 1. The number of urea groups is 1. The predicted octanol–water partition coefficient (Wildman–Crippen LogP) is 2.33. The van der Waals surface area contributed by atoms with Gasteiger partial charge in [0.25, 0.3) is 0 Å². The topological polar surface area (TPSA) is 73.4 Å². The number of rotatable bonds is 4. The van der Waals surface area contributed by atoms with Gasteiger partial charge in [0, 0.05) is 17.1 Å². The molecular weight excluding hydrogens is 290 g/mol. The lowest BCUT2D eigenvalue weighted by Gasteiger charge is -2.46. The highest BCUT2D eigenvalue weighted by Gasteiger charge is 2.38. The number of nitrogens with one attached hydrogen (secondary N) is 3. The Labute approximate surface area is 138 Å². The van der Waals surface area contributed by atoms with E-state index in [9.17, 15) is 9.90 Å². The van der Waals surface area contributed by atoms with Gasteiger partial charge in [0.05, 0.1) is 12.6 Å². The van der Waals surface area contributed by atoms with Crippen molar-refractivity contribution >= 4 is 6.03 Å². The molecule has 5 heteroatoms. The number of carbonyl (C=O) groups is 1. The maximum absolute atomic E-state index is 12.3. The van der Waals surface area contributed by atoms with Crippen LogP contribution in [0.15, 0.2) is 30.3 Å². The molecule has 1 atom stereocenters. The minimum atomic E-state index is -0.390. The summed E-state index contributed by atoms with van der Waals surface area (Å²) in [6.45, 7) is 8.49. The molecule has 4 N–H and O–H groups in total. The van der Waals surface area contributed by atoms with E-state index in [0.717, 1.165) is 18.4 Å². The number of hydrogen-bond acceptors (Lipinski definition) is 3. The number of aliphatic hydroxyl groups excluding tert-OH is 1. The summed E-state index contributed by atoms with van der Waals surface area (Å²) in [5.74, 6) is 0. The van der Waals surface area contributed by atoms with Crippen LogP contribution in [-0.4, -0.2) is 34.9 Å². The molecule has 1 heterocycles. The molecule has 1 aliphatic heterocycles. The Morgan fingerprint density at radius 2 is 1.78 bits per heavy atom. The highest BCUT2D eigenvalue weighted by atomic mass is 16.3. The second-order valence-electron chi connectivity index (χ2n) is 7.76. The molecule has 0 aromatic heterocycles. The summed E-state index contributed by atoms with van der Waals surface area (Å²) in [7, 11) is 0. The smallest absolute Gasteiger partial charge is 0.315 e. The molecule has 23 heavy (non-hydrogen) atoms. The average Bonchev–Trinajstić information content (AvgIpc) is 2.42. The fourth-order valence-corrected chi connectivity index (χ4v) is 3.73. The van der Waals surface area contributed by atoms with Gasteiger partial charge < -0.3 is 21.1 Å². The molecule has 0 bridgehead atoms. The molecule has 1 aromatic rings. The van der Waals surface area contributed by atoms with Crippen LogP contribution in [0, 0.1) is 0 Å². The van der Waals surface area contributed by atoms with Crippen LogP contribution in [0.2, 0.25) is 0 Å². The Balaban J connectivity index is 1.96. The maximum atomic E-state index is 12.3. The fraction of sp³-hybridized carbons (Fsp3) is 0.611. The van der Waals surface area contributed by atoms with Gasteiger partial charge >= 0.3 is 6.03 Å². The zero-order valence-corrected chi connectivity index (χ0v) is 14.5. The van der Waals surface area contributed by atoms with Crippen LogP contribution in [0.4, 0.5) is 4.79 Å². The van der Waals surface area contributed by atoms with Gasteiger partial charge in [-0.15, -0.1) is 0 Å². The monoisotopic (exact) mass is 319 g/mol. The summed E-state index contributed by atoms with van der Waals surface area (Å²) >= 11 is 0. The Hall–Kier alpha value is -1.59. The largest absolute Gasteiger partial charge is 0.394 e. The lowest BCUT2D eigenvalue weighted by atomic mass is 9.80. The van der Waals surface area contributed by atoms with Crippen molar-refractivity contribution in [1.29, 1.82) is 0 Å². The molecule has 0 saturated carbocycles. The average molecular weight is 319 g/mol. The molecule has 0 unspecified atom stereocenters. The minimum Gasteiger partial charge on any atom is -0.394 e. The SMILES string of the molecule is CC1(C)CC(NC(=O)N[C@@H](CO)c2ccccc2)CC(C)(C)N1.